The molecule has 2 aliphatic carbocycles. The minimum atomic E-state index is -2.15. The molecule has 1 unspecified atom stereocenters. The molecule has 0 saturated heterocycles. The van der Waals surface area contributed by atoms with Crippen molar-refractivity contribution in [3.8, 4) is 11.1 Å². The van der Waals surface area contributed by atoms with Gasteiger partial charge in [-0.15, -0.1) is 0 Å². The summed E-state index contributed by atoms with van der Waals surface area (Å²) in [6.45, 7) is 3.38. The van der Waals surface area contributed by atoms with Crippen molar-refractivity contribution >= 4 is 33.6 Å². The Bertz CT molecular complexity index is 1370. The molecule has 9 heteroatoms. The van der Waals surface area contributed by atoms with Gasteiger partial charge in [0, 0.05) is 23.3 Å². The van der Waals surface area contributed by atoms with Crippen LogP contribution in [-0.2, 0) is 11.3 Å². The van der Waals surface area contributed by atoms with Crippen LogP contribution in [0.5, 0.6) is 0 Å². The van der Waals surface area contributed by atoms with Gasteiger partial charge in [-0.25, -0.2) is 9.00 Å². The summed E-state index contributed by atoms with van der Waals surface area (Å²) in [6, 6.07) is 7.33. The lowest BCUT2D eigenvalue weighted by atomic mass is 9.99. The number of fused-ring (bicyclic) bond motifs is 1. The van der Waals surface area contributed by atoms with Crippen LogP contribution in [0.4, 0.5) is 11.4 Å². The number of hydrogen-bond donors (Lipinski definition) is 2. The lowest BCUT2D eigenvalue weighted by molar-refractivity contribution is 0.553. The Kier molecular flexibility index (Phi) is 4.56. The third-order valence-electron chi connectivity index (χ3n) is 6.13. The van der Waals surface area contributed by atoms with E-state index in [1.54, 1.807) is 29.7 Å². The van der Waals surface area contributed by atoms with Gasteiger partial charge in [-0.1, -0.05) is 12.1 Å². The standard InChI is InChI=1S/C22H23N3O5S/c1-11-19(23)18-20(30-22(11)27)17(12(2)24(21(18)26)14-6-7-14)13-4-3-5-16(10-13)25(31(28)29)15-8-9-15/h3-5,10,14-15H,6-9,23H2,1-2H3,(H,28,29). The van der Waals surface area contributed by atoms with E-state index < -0.39 is 16.9 Å². The van der Waals surface area contributed by atoms with E-state index in [1.807, 2.05) is 13.0 Å². The van der Waals surface area contributed by atoms with Crippen LogP contribution in [-0.4, -0.2) is 19.4 Å². The minimum Gasteiger partial charge on any atom is -0.421 e. The van der Waals surface area contributed by atoms with Gasteiger partial charge in [0.05, 0.1) is 16.9 Å². The predicted molar refractivity (Wildman–Crippen MR) is 121 cm³/mol. The molecule has 2 aromatic heterocycles. The Morgan fingerprint density at radius 1 is 1.19 bits per heavy atom. The van der Waals surface area contributed by atoms with Crippen molar-refractivity contribution in [2.45, 2.75) is 51.6 Å². The maximum absolute atomic E-state index is 13.3. The van der Waals surface area contributed by atoms with Gasteiger partial charge < -0.3 is 14.7 Å². The number of nitrogen functional groups attached to an aromatic ring is 1. The second-order valence-corrected chi connectivity index (χ2v) is 9.19. The smallest absolute Gasteiger partial charge is 0.341 e. The van der Waals surface area contributed by atoms with Gasteiger partial charge >= 0.3 is 5.63 Å². The van der Waals surface area contributed by atoms with Crippen molar-refractivity contribution in [2.24, 2.45) is 0 Å². The summed E-state index contributed by atoms with van der Waals surface area (Å²) in [5, 5.41) is 0.208. The van der Waals surface area contributed by atoms with Gasteiger partial charge in [-0.2, -0.15) is 0 Å². The molecule has 8 nitrogen and oxygen atoms in total. The molecule has 31 heavy (non-hydrogen) atoms. The Balaban J connectivity index is 1.83. The van der Waals surface area contributed by atoms with Gasteiger partial charge in [0.1, 0.15) is 5.39 Å². The molecular formula is C22H23N3O5S. The Labute approximate surface area is 180 Å². The maximum atomic E-state index is 13.3. The highest BCUT2D eigenvalue weighted by Gasteiger charge is 2.34. The Morgan fingerprint density at radius 3 is 2.52 bits per heavy atom. The topological polar surface area (TPSA) is 119 Å². The molecule has 3 N–H and O–H groups in total. The third kappa shape index (κ3) is 3.19. The van der Waals surface area contributed by atoms with E-state index in [-0.39, 0.29) is 39.9 Å². The zero-order valence-corrected chi connectivity index (χ0v) is 18.1. The Hall–Kier alpha value is -2.91. The SMILES string of the molecule is Cc1c(N)c2c(=O)n(C3CC3)c(C)c(-c3cccc(N(C4CC4)S(=O)O)c3)c2oc1=O. The van der Waals surface area contributed by atoms with Crippen molar-refractivity contribution in [3.63, 3.8) is 0 Å². The monoisotopic (exact) mass is 441 g/mol. The lowest BCUT2D eigenvalue weighted by Crippen LogP contribution is -2.27. The second-order valence-electron chi connectivity index (χ2n) is 8.34. The zero-order valence-electron chi connectivity index (χ0n) is 17.3. The van der Waals surface area contributed by atoms with E-state index >= 15 is 0 Å². The van der Waals surface area contributed by atoms with Crippen molar-refractivity contribution in [2.75, 3.05) is 10.0 Å². The molecule has 0 spiro atoms. The number of hydrogen-bond acceptors (Lipinski definition) is 5. The summed E-state index contributed by atoms with van der Waals surface area (Å²) in [5.41, 5.74) is 8.47. The predicted octanol–water partition coefficient (Wildman–Crippen LogP) is 3.26. The average Bonchev–Trinajstić information content (AvgIpc) is 3.61. The molecule has 3 aromatic rings. The zero-order chi connectivity index (χ0) is 22.0. The van der Waals surface area contributed by atoms with Crippen LogP contribution >= 0.6 is 0 Å². The largest absolute Gasteiger partial charge is 0.421 e. The summed E-state index contributed by atoms with van der Waals surface area (Å²) in [6.07, 6.45) is 3.52. The first kappa shape index (κ1) is 20.0. The number of aromatic nitrogens is 1. The first-order valence-corrected chi connectivity index (χ1v) is 11.3. The second kappa shape index (κ2) is 7.06. The molecule has 0 amide bonds. The molecule has 5 rings (SSSR count). The van der Waals surface area contributed by atoms with Crippen LogP contribution in [0.1, 0.15) is 43.0 Å². The maximum Gasteiger partial charge on any atom is 0.341 e. The van der Waals surface area contributed by atoms with Crippen molar-refractivity contribution in [1.82, 2.24) is 4.57 Å². The van der Waals surface area contributed by atoms with Crippen molar-refractivity contribution < 1.29 is 13.2 Å². The average molecular weight is 442 g/mol. The molecule has 0 bridgehead atoms. The summed E-state index contributed by atoms with van der Waals surface area (Å²) in [7, 11) is 0. The lowest BCUT2D eigenvalue weighted by Gasteiger charge is -2.21. The molecule has 2 saturated carbocycles. The number of pyridine rings is 1. The fourth-order valence-corrected chi connectivity index (χ4v) is 4.99. The van der Waals surface area contributed by atoms with Crippen LogP contribution in [0, 0.1) is 13.8 Å². The molecule has 2 heterocycles. The molecule has 2 aliphatic rings. The van der Waals surface area contributed by atoms with Gasteiger partial charge in [-0.05, 0) is 57.2 Å². The van der Waals surface area contributed by atoms with E-state index in [0.29, 0.717) is 22.5 Å². The van der Waals surface area contributed by atoms with Crippen molar-refractivity contribution in [1.29, 1.82) is 0 Å². The first-order valence-electron chi connectivity index (χ1n) is 10.3. The highest BCUT2D eigenvalue weighted by Crippen LogP contribution is 2.41. The fourth-order valence-electron chi connectivity index (χ4n) is 4.23. The van der Waals surface area contributed by atoms with E-state index in [0.717, 1.165) is 25.7 Å². The summed E-state index contributed by atoms with van der Waals surface area (Å²) in [5.74, 6) is 0. The summed E-state index contributed by atoms with van der Waals surface area (Å²) >= 11 is -2.15. The number of anilines is 2. The van der Waals surface area contributed by atoms with Crippen LogP contribution in [0.3, 0.4) is 0 Å². The quantitative estimate of drug-likeness (QED) is 0.587. The number of benzene rings is 1. The molecule has 2 fully saturated rings. The van der Waals surface area contributed by atoms with E-state index in [2.05, 4.69) is 0 Å². The summed E-state index contributed by atoms with van der Waals surface area (Å²) < 4.78 is 30.6. The van der Waals surface area contributed by atoms with Gasteiger partial charge in [0.15, 0.2) is 5.58 Å². The van der Waals surface area contributed by atoms with E-state index in [9.17, 15) is 18.4 Å². The molecule has 0 radical (unpaired) electrons. The van der Waals surface area contributed by atoms with Crippen LogP contribution in [0.2, 0.25) is 0 Å². The molecular weight excluding hydrogens is 418 g/mol. The van der Waals surface area contributed by atoms with Crippen molar-refractivity contribution in [3.05, 3.63) is 56.3 Å². The van der Waals surface area contributed by atoms with Gasteiger partial charge in [-0.3, -0.25) is 13.7 Å². The highest BCUT2D eigenvalue weighted by molar-refractivity contribution is 7.80. The van der Waals surface area contributed by atoms with Crippen LogP contribution in [0.25, 0.3) is 22.1 Å². The van der Waals surface area contributed by atoms with Gasteiger partial charge in [0.2, 0.25) is 0 Å². The third-order valence-corrected chi connectivity index (χ3v) is 6.98. The molecule has 1 atom stereocenters. The molecule has 1 aromatic carbocycles. The van der Waals surface area contributed by atoms with E-state index in [4.69, 9.17) is 10.2 Å². The normalized spacial score (nSPS) is 17.1. The Morgan fingerprint density at radius 2 is 1.90 bits per heavy atom. The first-order chi connectivity index (χ1) is 14.8. The summed E-state index contributed by atoms with van der Waals surface area (Å²) in [4.78, 5) is 25.7. The van der Waals surface area contributed by atoms with Gasteiger partial charge in [0.25, 0.3) is 16.8 Å². The molecule has 0 aliphatic heterocycles. The number of rotatable bonds is 5. The number of nitrogens with zero attached hydrogens (tertiary/aromatic N) is 2. The number of nitrogens with two attached hydrogens (primary N) is 1. The van der Waals surface area contributed by atoms with Crippen LogP contribution in [0.15, 0.2) is 38.3 Å². The van der Waals surface area contributed by atoms with Crippen LogP contribution < -0.4 is 21.2 Å². The fraction of sp³-hybridized carbons (Fsp3) is 0.364. The molecule has 162 valence electrons. The highest BCUT2D eigenvalue weighted by atomic mass is 32.2. The minimum absolute atomic E-state index is 0.0237. The van der Waals surface area contributed by atoms with E-state index in [1.165, 1.54) is 4.31 Å².